The van der Waals surface area contributed by atoms with Gasteiger partial charge in [-0.15, -0.1) is 0 Å². The van der Waals surface area contributed by atoms with E-state index in [0.717, 1.165) is 16.7 Å². The number of nitrogens with one attached hydrogen (secondary N) is 2. The molecule has 30 heavy (non-hydrogen) atoms. The van der Waals surface area contributed by atoms with Gasteiger partial charge in [0.15, 0.2) is 0 Å². The molecule has 1 unspecified atom stereocenters. The summed E-state index contributed by atoms with van der Waals surface area (Å²) in [5, 5.41) is 20.5. The molecule has 0 fully saturated rings. The zero-order valence-corrected chi connectivity index (χ0v) is 16.2. The van der Waals surface area contributed by atoms with Crippen LogP contribution in [0, 0.1) is 5.82 Å². The molecule has 3 aromatic heterocycles. The van der Waals surface area contributed by atoms with Crippen molar-refractivity contribution in [1.29, 1.82) is 0 Å². The normalized spacial score (nSPS) is 11.8. The lowest BCUT2D eigenvalue weighted by molar-refractivity contribution is 0.276. The number of hydrogen-bond donors (Lipinski definition) is 3. The van der Waals surface area contributed by atoms with Gasteiger partial charge in [-0.2, -0.15) is 5.10 Å². The van der Waals surface area contributed by atoms with E-state index in [0.29, 0.717) is 17.5 Å². The minimum Gasteiger partial charge on any atom is -0.394 e. The summed E-state index contributed by atoms with van der Waals surface area (Å²) in [5.41, 5.74) is 2.53. The molecule has 0 aliphatic rings. The average Bonchev–Trinajstić information content (AvgIpc) is 3.20. The largest absolute Gasteiger partial charge is 0.394 e. The Morgan fingerprint density at radius 3 is 2.50 bits per heavy atom. The molecular formula is C21H20FN7O. The second-order valence-corrected chi connectivity index (χ2v) is 6.68. The number of rotatable bonds is 7. The van der Waals surface area contributed by atoms with Crippen LogP contribution in [0.3, 0.4) is 0 Å². The molecule has 8 nitrogen and oxygen atoms in total. The molecule has 4 aromatic rings. The number of anilines is 3. The Labute approximate surface area is 172 Å². The number of aryl methyl sites for hydroxylation is 1. The van der Waals surface area contributed by atoms with Crippen LogP contribution >= 0.6 is 0 Å². The van der Waals surface area contributed by atoms with Gasteiger partial charge in [0.1, 0.15) is 23.3 Å². The lowest BCUT2D eigenvalue weighted by Gasteiger charge is -2.19. The number of halogens is 1. The number of aromatic nitrogens is 5. The molecular weight excluding hydrogens is 385 g/mol. The third kappa shape index (κ3) is 4.58. The first kappa shape index (κ1) is 19.5. The first-order valence-electron chi connectivity index (χ1n) is 9.28. The van der Waals surface area contributed by atoms with Gasteiger partial charge in [-0.05, 0) is 35.4 Å². The first-order chi connectivity index (χ1) is 14.6. The lowest BCUT2D eigenvalue weighted by atomic mass is 10.1. The summed E-state index contributed by atoms with van der Waals surface area (Å²) in [7, 11) is 1.85. The molecule has 3 N–H and O–H groups in total. The molecule has 0 amide bonds. The quantitative estimate of drug-likeness (QED) is 0.434. The maximum absolute atomic E-state index is 13.3. The van der Waals surface area contributed by atoms with Crippen LogP contribution in [0.1, 0.15) is 11.6 Å². The van der Waals surface area contributed by atoms with E-state index in [9.17, 15) is 9.50 Å². The molecule has 0 bridgehead atoms. The summed E-state index contributed by atoms with van der Waals surface area (Å²) >= 11 is 0. The SMILES string of the molecule is Cn1cc(-c2cc(Nc3cnccn3)nc(NC(CO)c3ccc(F)cc3)c2)cn1. The molecule has 0 spiro atoms. The third-order valence-electron chi connectivity index (χ3n) is 4.46. The van der Waals surface area contributed by atoms with Crippen LogP contribution in [0.15, 0.2) is 67.4 Å². The zero-order valence-electron chi connectivity index (χ0n) is 16.2. The van der Waals surface area contributed by atoms with E-state index in [1.54, 1.807) is 41.6 Å². The van der Waals surface area contributed by atoms with Crippen molar-refractivity contribution in [2.75, 3.05) is 17.2 Å². The smallest absolute Gasteiger partial charge is 0.150 e. The van der Waals surface area contributed by atoms with E-state index in [1.165, 1.54) is 12.1 Å². The summed E-state index contributed by atoms with van der Waals surface area (Å²) in [6, 6.07) is 9.28. The molecule has 1 atom stereocenters. The summed E-state index contributed by atoms with van der Waals surface area (Å²) in [5.74, 6) is 1.31. The number of benzene rings is 1. The highest BCUT2D eigenvalue weighted by Gasteiger charge is 2.14. The van der Waals surface area contributed by atoms with Crippen molar-refractivity contribution in [3.63, 3.8) is 0 Å². The van der Waals surface area contributed by atoms with E-state index in [-0.39, 0.29) is 12.4 Å². The Balaban J connectivity index is 1.68. The minimum absolute atomic E-state index is 0.183. The third-order valence-corrected chi connectivity index (χ3v) is 4.46. The molecule has 1 aromatic carbocycles. The lowest BCUT2D eigenvalue weighted by Crippen LogP contribution is -2.16. The van der Waals surface area contributed by atoms with E-state index in [4.69, 9.17) is 0 Å². The van der Waals surface area contributed by atoms with Gasteiger partial charge < -0.3 is 15.7 Å². The van der Waals surface area contributed by atoms with Gasteiger partial charge in [0.05, 0.1) is 25.0 Å². The Hall–Kier alpha value is -3.85. The standard InChI is InChI=1S/C21H20FN7O/c1-29-12-16(10-25-29)15-8-19(26-18(13-30)14-2-4-17(22)5-3-14)27-20(9-15)28-21-11-23-6-7-24-21/h2-12,18,30H,13H2,1H3,(H2,24,26,27,28). The average molecular weight is 405 g/mol. The highest BCUT2D eigenvalue weighted by atomic mass is 19.1. The maximum Gasteiger partial charge on any atom is 0.150 e. The zero-order chi connectivity index (χ0) is 20.9. The Morgan fingerprint density at radius 2 is 1.83 bits per heavy atom. The van der Waals surface area contributed by atoms with Crippen molar-refractivity contribution in [2.45, 2.75) is 6.04 Å². The van der Waals surface area contributed by atoms with Crippen molar-refractivity contribution < 1.29 is 9.50 Å². The minimum atomic E-state index is -0.452. The van der Waals surface area contributed by atoms with Gasteiger partial charge in [0.25, 0.3) is 0 Å². The fraction of sp³-hybridized carbons (Fsp3) is 0.143. The molecule has 0 aliphatic carbocycles. The number of pyridine rings is 1. The first-order valence-corrected chi connectivity index (χ1v) is 9.28. The molecule has 0 aliphatic heterocycles. The molecule has 0 radical (unpaired) electrons. The van der Waals surface area contributed by atoms with Crippen LogP contribution < -0.4 is 10.6 Å². The molecule has 0 saturated carbocycles. The Kier molecular flexibility index (Phi) is 5.62. The van der Waals surface area contributed by atoms with E-state index in [2.05, 4.69) is 30.7 Å². The second-order valence-electron chi connectivity index (χ2n) is 6.68. The van der Waals surface area contributed by atoms with Crippen LogP contribution in [0.25, 0.3) is 11.1 Å². The van der Waals surface area contributed by atoms with E-state index in [1.807, 2.05) is 25.4 Å². The highest BCUT2D eigenvalue weighted by molar-refractivity contribution is 5.71. The second kappa shape index (κ2) is 8.66. The topological polar surface area (TPSA) is 101 Å². The number of aliphatic hydroxyl groups excluding tert-OH is 1. The van der Waals surface area contributed by atoms with Crippen LogP contribution in [-0.4, -0.2) is 36.4 Å². The van der Waals surface area contributed by atoms with Crippen molar-refractivity contribution in [3.8, 4) is 11.1 Å². The molecule has 4 rings (SSSR count). The van der Waals surface area contributed by atoms with Crippen molar-refractivity contribution in [3.05, 3.63) is 78.8 Å². The van der Waals surface area contributed by atoms with Gasteiger partial charge in [0, 0.05) is 31.2 Å². The van der Waals surface area contributed by atoms with Gasteiger partial charge in [0.2, 0.25) is 0 Å². The summed E-state index contributed by atoms with van der Waals surface area (Å²) in [6.45, 7) is -0.183. The molecule has 3 heterocycles. The van der Waals surface area contributed by atoms with Crippen molar-refractivity contribution in [1.82, 2.24) is 24.7 Å². The number of hydrogen-bond acceptors (Lipinski definition) is 7. The Morgan fingerprint density at radius 1 is 1.03 bits per heavy atom. The predicted octanol–water partition coefficient (Wildman–Crippen LogP) is 3.30. The Bertz CT molecular complexity index is 1120. The van der Waals surface area contributed by atoms with Crippen molar-refractivity contribution >= 4 is 17.5 Å². The number of nitrogens with zero attached hydrogens (tertiary/aromatic N) is 5. The van der Waals surface area contributed by atoms with Gasteiger partial charge in [-0.3, -0.25) is 9.67 Å². The summed E-state index contributed by atoms with van der Waals surface area (Å²) in [4.78, 5) is 12.9. The van der Waals surface area contributed by atoms with Crippen LogP contribution in [-0.2, 0) is 7.05 Å². The maximum atomic E-state index is 13.3. The number of aliphatic hydroxyl groups is 1. The summed E-state index contributed by atoms with van der Waals surface area (Å²) in [6.07, 6.45) is 8.43. The highest BCUT2D eigenvalue weighted by Crippen LogP contribution is 2.28. The fourth-order valence-corrected chi connectivity index (χ4v) is 3.01. The molecule has 152 valence electrons. The monoisotopic (exact) mass is 405 g/mol. The fourth-order valence-electron chi connectivity index (χ4n) is 3.01. The van der Waals surface area contributed by atoms with Gasteiger partial charge >= 0.3 is 0 Å². The molecule has 9 heteroatoms. The van der Waals surface area contributed by atoms with Crippen LogP contribution in [0.5, 0.6) is 0 Å². The van der Waals surface area contributed by atoms with Gasteiger partial charge in [-0.25, -0.2) is 14.4 Å². The van der Waals surface area contributed by atoms with Crippen LogP contribution in [0.2, 0.25) is 0 Å². The molecule has 0 saturated heterocycles. The van der Waals surface area contributed by atoms with E-state index >= 15 is 0 Å². The van der Waals surface area contributed by atoms with E-state index < -0.39 is 6.04 Å². The van der Waals surface area contributed by atoms with Crippen molar-refractivity contribution in [2.24, 2.45) is 7.05 Å². The predicted molar refractivity (Wildman–Crippen MR) is 112 cm³/mol. The summed E-state index contributed by atoms with van der Waals surface area (Å²) < 4.78 is 15.0. The van der Waals surface area contributed by atoms with Crippen LogP contribution in [0.4, 0.5) is 21.8 Å². The van der Waals surface area contributed by atoms with Gasteiger partial charge in [-0.1, -0.05) is 12.1 Å².